The minimum absolute atomic E-state index is 0.219. The number of rotatable bonds is 12. The van der Waals surface area contributed by atoms with Gasteiger partial charge >= 0.3 is 5.97 Å². The third-order valence-corrected chi connectivity index (χ3v) is 8.77. The van der Waals surface area contributed by atoms with Crippen LogP contribution in [0.2, 0.25) is 5.02 Å². The fourth-order valence-electron chi connectivity index (χ4n) is 4.95. The molecule has 0 radical (unpaired) electrons. The van der Waals surface area contributed by atoms with Gasteiger partial charge in [-0.05, 0) is 95.9 Å². The van der Waals surface area contributed by atoms with Crippen LogP contribution in [0, 0.1) is 0 Å². The quantitative estimate of drug-likeness (QED) is 0.160. The summed E-state index contributed by atoms with van der Waals surface area (Å²) in [6.45, 7) is 7.24. The smallest absolute Gasteiger partial charge is 0.337 e. The van der Waals surface area contributed by atoms with Crippen LogP contribution in [0.5, 0.6) is 23.0 Å². The van der Waals surface area contributed by atoms with Gasteiger partial charge in [0.15, 0.2) is 27.8 Å². The van der Waals surface area contributed by atoms with E-state index >= 15 is 0 Å². The maximum Gasteiger partial charge on any atom is 0.337 e. The van der Waals surface area contributed by atoms with Crippen molar-refractivity contribution in [3.05, 3.63) is 112 Å². The summed E-state index contributed by atoms with van der Waals surface area (Å²) in [5.74, 6) is 1.55. The van der Waals surface area contributed by atoms with Crippen LogP contribution in [0.15, 0.2) is 80.6 Å². The number of hydrogen-bond donors (Lipinski definition) is 0. The van der Waals surface area contributed by atoms with Crippen molar-refractivity contribution in [2.45, 2.75) is 33.4 Å². The largest absolute Gasteiger partial charge is 0.490 e. The molecule has 4 aromatic rings. The SMILES string of the molecule is CCOc1ccc([C@H]2C(C(=O)OC)=CN=c3s/c(=C/c4cc(Br)c(OCc5ccc(Cl)cc5)c(OCC)c4)c(=O)n32)cc1OCC. The van der Waals surface area contributed by atoms with E-state index in [9.17, 15) is 9.59 Å². The van der Waals surface area contributed by atoms with Gasteiger partial charge in [-0.25, -0.2) is 9.79 Å². The first-order chi connectivity index (χ1) is 22.3. The van der Waals surface area contributed by atoms with Crippen molar-refractivity contribution in [2.24, 2.45) is 4.99 Å². The number of nitrogens with zero attached hydrogens (tertiary/aromatic N) is 2. The van der Waals surface area contributed by atoms with Crippen molar-refractivity contribution in [1.29, 1.82) is 0 Å². The second kappa shape index (κ2) is 15.0. The van der Waals surface area contributed by atoms with Gasteiger partial charge in [-0.3, -0.25) is 9.36 Å². The topological polar surface area (TPSA) is 97.6 Å². The van der Waals surface area contributed by atoms with E-state index in [1.54, 1.807) is 18.2 Å². The van der Waals surface area contributed by atoms with Crippen LogP contribution < -0.4 is 33.8 Å². The maximum atomic E-state index is 14.1. The second-order valence-electron chi connectivity index (χ2n) is 9.93. The Morgan fingerprint density at radius 1 is 0.957 bits per heavy atom. The Hall–Kier alpha value is -4.06. The van der Waals surface area contributed by atoms with Crippen molar-refractivity contribution >= 4 is 50.9 Å². The van der Waals surface area contributed by atoms with Crippen molar-refractivity contribution in [1.82, 2.24) is 4.57 Å². The molecule has 0 saturated carbocycles. The molecule has 1 aliphatic rings. The molecule has 240 valence electrons. The maximum absolute atomic E-state index is 14.1. The van der Waals surface area contributed by atoms with Crippen LogP contribution in [-0.2, 0) is 16.1 Å². The molecule has 1 aliphatic heterocycles. The lowest BCUT2D eigenvalue weighted by Crippen LogP contribution is -2.39. The zero-order valence-electron chi connectivity index (χ0n) is 25.7. The van der Waals surface area contributed by atoms with Gasteiger partial charge in [0, 0.05) is 11.2 Å². The molecule has 1 atom stereocenters. The number of thiazole rings is 1. The van der Waals surface area contributed by atoms with E-state index in [1.165, 1.54) is 29.2 Å². The lowest BCUT2D eigenvalue weighted by atomic mass is 9.97. The third kappa shape index (κ3) is 7.16. The average molecular weight is 728 g/mol. The zero-order chi connectivity index (χ0) is 32.8. The van der Waals surface area contributed by atoms with E-state index in [-0.39, 0.29) is 11.1 Å². The van der Waals surface area contributed by atoms with Crippen LogP contribution in [-0.4, -0.2) is 37.5 Å². The minimum Gasteiger partial charge on any atom is -0.490 e. The summed E-state index contributed by atoms with van der Waals surface area (Å²) < 4.78 is 31.3. The Balaban J connectivity index is 1.57. The number of methoxy groups -OCH3 is 1. The molecule has 12 heteroatoms. The molecule has 3 aromatic carbocycles. The van der Waals surface area contributed by atoms with Crippen molar-refractivity contribution < 1.29 is 28.5 Å². The van der Waals surface area contributed by atoms with E-state index in [4.69, 9.17) is 35.3 Å². The first-order valence-corrected chi connectivity index (χ1v) is 16.6. The van der Waals surface area contributed by atoms with Crippen LogP contribution >= 0.6 is 38.9 Å². The van der Waals surface area contributed by atoms with Crippen LogP contribution in [0.1, 0.15) is 43.5 Å². The van der Waals surface area contributed by atoms with E-state index in [1.807, 2.05) is 63.2 Å². The molecule has 0 fully saturated rings. The summed E-state index contributed by atoms with van der Waals surface area (Å²) in [5, 5.41) is 0.650. The van der Waals surface area contributed by atoms with Gasteiger partial charge in [0.25, 0.3) is 5.56 Å². The van der Waals surface area contributed by atoms with Gasteiger partial charge in [-0.15, -0.1) is 0 Å². The average Bonchev–Trinajstić information content (AvgIpc) is 3.36. The number of carbonyl (C=O) groups is 1. The van der Waals surface area contributed by atoms with Crippen molar-refractivity contribution in [2.75, 3.05) is 26.9 Å². The van der Waals surface area contributed by atoms with Gasteiger partial charge in [-0.2, -0.15) is 0 Å². The highest BCUT2D eigenvalue weighted by atomic mass is 79.9. The molecule has 9 nitrogen and oxygen atoms in total. The highest BCUT2D eigenvalue weighted by Crippen LogP contribution is 2.38. The lowest BCUT2D eigenvalue weighted by molar-refractivity contribution is -0.136. The lowest BCUT2D eigenvalue weighted by Gasteiger charge is -2.23. The molecule has 0 N–H and O–H groups in total. The molecule has 0 saturated heterocycles. The van der Waals surface area contributed by atoms with E-state index in [0.29, 0.717) is 79.4 Å². The summed E-state index contributed by atoms with van der Waals surface area (Å²) in [4.78, 5) is 31.9. The first kappa shape index (κ1) is 33.3. The van der Waals surface area contributed by atoms with Gasteiger partial charge in [-0.1, -0.05) is 41.1 Å². The Morgan fingerprint density at radius 2 is 1.65 bits per heavy atom. The molecule has 0 spiro atoms. The molecule has 0 unspecified atom stereocenters. The Bertz CT molecular complexity index is 1950. The van der Waals surface area contributed by atoms with E-state index in [2.05, 4.69) is 20.9 Å². The van der Waals surface area contributed by atoms with Gasteiger partial charge in [0.2, 0.25) is 0 Å². The second-order valence-corrected chi connectivity index (χ2v) is 12.2. The molecule has 2 heterocycles. The summed E-state index contributed by atoms with van der Waals surface area (Å²) in [6.07, 6.45) is 3.22. The highest BCUT2D eigenvalue weighted by molar-refractivity contribution is 9.10. The number of halogens is 2. The standard InChI is InChI=1S/C34H32BrClN2O7S/c1-5-42-26-13-10-22(17-27(26)43-6-2)30-24(33(40)41-4)18-37-34-38(30)32(39)29(46-34)16-21-14-25(35)31(28(15-21)44-7-3)45-19-20-8-11-23(36)12-9-20/h8-18,30H,5-7,19H2,1-4H3/b29-16+/t30-/m0/s1. The van der Waals surface area contributed by atoms with Gasteiger partial charge < -0.3 is 23.7 Å². The normalized spacial score (nSPS) is 14.2. The minimum atomic E-state index is -0.796. The molecule has 0 aliphatic carbocycles. The number of carbonyl (C=O) groups excluding carboxylic acids is 1. The zero-order valence-corrected chi connectivity index (χ0v) is 28.8. The summed E-state index contributed by atoms with van der Waals surface area (Å²) in [7, 11) is 1.30. The van der Waals surface area contributed by atoms with E-state index in [0.717, 1.165) is 5.56 Å². The van der Waals surface area contributed by atoms with Gasteiger partial charge in [0.05, 0.1) is 47.6 Å². The number of benzene rings is 3. The first-order valence-electron chi connectivity index (χ1n) is 14.6. The summed E-state index contributed by atoms with van der Waals surface area (Å²) in [5.41, 5.74) is 2.21. The molecule has 0 bridgehead atoms. The Morgan fingerprint density at radius 3 is 2.35 bits per heavy atom. The van der Waals surface area contributed by atoms with Crippen molar-refractivity contribution in [3.8, 4) is 23.0 Å². The van der Waals surface area contributed by atoms with Gasteiger partial charge in [0.1, 0.15) is 6.61 Å². The Kier molecular flexibility index (Phi) is 10.9. The number of esters is 1. The third-order valence-electron chi connectivity index (χ3n) is 6.93. The number of aromatic nitrogens is 1. The fraction of sp³-hybridized carbons (Fsp3) is 0.265. The van der Waals surface area contributed by atoms with E-state index < -0.39 is 12.0 Å². The Labute approximate surface area is 283 Å². The molecular formula is C34H32BrClN2O7S. The molecular weight excluding hydrogens is 696 g/mol. The molecule has 46 heavy (non-hydrogen) atoms. The van der Waals surface area contributed by atoms with Crippen LogP contribution in [0.4, 0.5) is 0 Å². The predicted octanol–water partition coefficient (Wildman–Crippen LogP) is 6.21. The van der Waals surface area contributed by atoms with Crippen LogP contribution in [0.25, 0.3) is 6.08 Å². The number of fused-ring (bicyclic) bond motifs is 1. The monoisotopic (exact) mass is 726 g/mol. The highest BCUT2D eigenvalue weighted by Gasteiger charge is 2.31. The summed E-state index contributed by atoms with van der Waals surface area (Å²) in [6, 6.07) is 15.7. The number of hydrogen-bond acceptors (Lipinski definition) is 9. The fourth-order valence-corrected chi connectivity index (χ4v) is 6.62. The number of ether oxygens (including phenoxy) is 5. The van der Waals surface area contributed by atoms with Crippen LogP contribution in [0.3, 0.4) is 0 Å². The van der Waals surface area contributed by atoms with Crippen molar-refractivity contribution in [3.63, 3.8) is 0 Å². The summed E-state index contributed by atoms with van der Waals surface area (Å²) >= 11 is 10.9. The molecule has 5 rings (SSSR count). The molecule has 1 aromatic heterocycles. The molecule has 0 amide bonds. The predicted molar refractivity (Wildman–Crippen MR) is 181 cm³/mol.